The van der Waals surface area contributed by atoms with Crippen LogP contribution in [0.15, 0.2) is 158 Å². The van der Waals surface area contributed by atoms with Crippen molar-refractivity contribution < 1.29 is 26.2 Å². The third kappa shape index (κ3) is 6.33. The average Bonchev–Trinajstić information content (AvgIpc) is 3.61. The van der Waals surface area contributed by atoms with Crippen LogP contribution in [0.3, 0.4) is 0 Å². The average molecular weight is 845 g/mol. The van der Waals surface area contributed by atoms with E-state index in [4.69, 9.17) is 9.97 Å². The first-order chi connectivity index (χ1) is 24.0. The zero-order valence-electron chi connectivity index (χ0n) is 27.6. The molecule has 0 spiro atoms. The summed E-state index contributed by atoms with van der Waals surface area (Å²) in [6.07, 6.45) is 1.86. The summed E-state index contributed by atoms with van der Waals surface area (Å²) in [6.45, 7) is 4.33. The fourth-order valence-electron chi connectivity index (χ4n) is 6.53. The van der Waals surface area contributed by atoms with Crippen molar-refractivity contribution in [2.24, 2.45) is 0 Å². The standard InChI is InChI=1S/C45H33N2OS.Pt/c1-45(2,36-20-10-5-11-21-36)39-28-35(31-16-8-4-9-17-31)27-38(43(39)48)44-47-42-37(22-13-23-41(42)49-44)33-18-12-19-34(26-33)40-29-32(24-25-46-40)30-14-6-3-7-15-30;/h3-25,27-29,48H,1-2H3;/q-1;. The number of para-hydroxylation sites is 1. The molecule has 0 amide bonds. The molecule has 0 saturated heterocycles. The van der Waals surface area contributed by atoms with Crippen molar-refractivity contribution in [2.75, 3.05) is 0 Å². The largest absolute Gasteiger partial charge is 0.507 e. The Morgan fingerprint density at radius 3 is 1.96 bits per heavy atom. The predicted molar refractivity (Wildman–Crippen MR) is 204 cm³/mol. The maximum atomic E-state index is 12.0. The summed E-state index contributed by atoms with van der Waals surface area (Å²) < 4.78 is 1.05. The summed E-state index contributed by atoms with van der Waals surface area (Å²) in [5.41, 5.74) is 11.3. The van der Waals surface area contributed by atoms with Crippen LogP contribution < -0.4 is 0 Å². The second kappa shape index (κ2) is 14.0. The molecule has 3 nitrogen and oxygen atoms in total. The van der Waals surface area contributed by atoms with Crippen LogP contribution in [-0.2, 0) is 26.5 Å². The Bertz CT molecular complexity index is 2420. The number of aromatic hydroxyl groups is 1. The number of phenolic OH excluding ortho intramolecular Hbond substituents is 1. The van der Waals surface area contributed by atoms with Crippen LogP contribution in [0.2, 0.25) is 0 Å². The number of phenols is 1. The van der Waals surface area contributed by atoms with Crippen molar-refractivity contribution in [2.45, 2.75) is 19.3 Å². The number of aromatic nitrogens is 2. The van der Waals surface area contributed by atoms with Crippen LogP contribution in [0.4, 0.5) is 0 Å². The molecule has 0 unspecified atom stereocenters. The van der Waals surface area contributed by atoms with Gasteiger partial charge in [-0.25, -0.2) is 4.98 Å². The molecule has 8 rings (SSSR count). The van der Waals surface area contributed by atoms with E-state index in [9.17, 15) is 5.11 Å². The molecule has 246 valence electrons. The monoisotopic (exact) mass is 844 g/mol. The van der Waals surface area contributed by atoms with Gasteiger partial charge in [0.15, 0.2) is 0 Å². The molecule has 0 aliphatic heterocycles. The molecule has 8 aromatic rings. The molecule has 0 bridgehead atoms. The minimum Gasteiger partial charge on any atom is -0.507 e. The van der Waals surface area contributed by atoms with Gasteiger partial charge in [-0.05, 0) is 52.1 Å². The van der Waals surface area contributed by atoms with E-state index in [0.717, 1.165) is 76.6 Å². The summed E-state index contributed by atoms with van der Waals surface area (Å²) in [5, 5.41) is 12.8. The van der Waals surface area contributed by atoms with E-state index in [1.165, 1.54) is 0 Å². The van der Waals surface area contributed by atoms with Crippen molar-refractivity contribution in [3.8, 4) is 61.0 Å². The second-order valence-corrected chi connectivity index (χ2v) is 13.8. The van der Waals surface area contributed by atoms with Gasteiger partial charge in [-0.3, -0.25) is 4.98 Å². The van der Waals surface area contributed by atoms with Crippen LogP contribution in [-0.4, -0.2) is 15.1 Å². The summed E-state index contributed by atoms with van der Waals surface area (Å²) in [7, 11) is 0. The Morgan fingerprint density at radius 2 is 1.24 bits per heavy atom. The van der Waals surface area contributed by atoms with E-state index in [-0.39, 0.29) is 26.8 Å². The van der Waals surface area contributed by atoms with Crippen LogP contribution in [0.5, 0.6) is 5.75 Å². The van der Waals surface area contributed by atoms with E-state index in [2.05, 4.69) is 111 Å². The van der Waals surface area contributed by atoms with Crippen LogP contribution in [0.1, 0.15) is 25.0 Å². The van der Waals surface area contributed by atoms with Crippen LogP contribution in [0, 0.1) is 6.07 Å². The van der Waals surface area contributed by atoms with Gasteiger partial charge < -0.3 is 5.11 Å². The van der Waals surface area contributed by atoms with Gasteiger partial charge in [-0.2, -0.15) is 0 Å². The number of hydrogen-bond acceptors (Lipinski definition) is 4. The Kier molecular flexibility index (Phi) is 9.33. The Balaban J connectivity index is 0.00000392. The third-order valence-electron chi connectivity index (χ3n) is 9.26. The molecular weight excluding hydrogens is 812 g/mol. The topological polar surface area (TPSA) is 46.0 Å². The van der Waals surface area contributed by atoms with Crippen LogP contribution in [0.25, 0.3) is 65.4 Å². The Labute approximate surface area is 311 Å². The summed E-state index contributed by atoms with van der Waals surface area (Å²) in [6, 6.07) is 55.5. The maximum absolute atomic E-state index is 12.0. The molecule has 0 aliphatic rings. The minimum absolute atomic E-state index is 0. The van der Waals surface area contributed by atoms with Gasteiger partial charge in [0.25, 0.3) is 0 Å². The van der Waals surface area contributed by atoms with Gasteiger partial charge in [-0.1, -0.05) is 134 Å². The first-order valence-electron chi connectivity index (χ1n) is 16.4. The van der Waals surface area contributed by atoms with E-state index < -0.39 is 5.41 Å². The van der Waals surface area contributed by atoms with E-state index in [1.807, 2.05) is 66.9 Å². The number of pyridine rings is 1. The van der Waals surface area contributed by atoms with Crippen LogP contribution >= 0.6 is 11.3 Å². The number of nitrogens with zero attached hydrogens (tertiary/aromatic N) is 2. The summed E-state index contributed by atoms with van der Waals surface area (Å²) in [4.78, 5) is 9.93. The normalized spacial score (nSPS) is 11.3. The molecule has 0 aliphatic carbocycles. The SMILES string of the molecule is CC(C)(c1ccccc1)c1cc(-c2ccccc2)cc(-c2nc3c(-c4[c-]c(-c5cc(-c6ccccc6)ccn5)ccc4)cccc3s2)c1O.[Pt]. The number of benzene rings is 6. The van der Waals surface area contributed by atoms with Gasteiger partial charge in [0.2, 0.25) is 0 Å². The number of hydrogen-bond donors (Lipinski definition) is 1. The smallest absolute Gasteiger partial charge is 0.129 e. The van der Waals surface area contributed by atoms with Gasteiger partial charge in [0.1, 0.15) is 10.8 Å². The third-order valence-corrected chi connectivity index (χ3v) is 10.3. The predicted octanol–water partition coefficient (Wildman–Crippen LogP) is 11.9. The van der Waals surface area contributed by atoms with E-state index >= 15 is 0 Å². The Hall–Kier alpha value is -5.15. The molecule has 0 saturated carbocycles. The fraction of sp³-hybridized carbons (Fsp3) is 0.0667. The Morgan fingerprint density at radius 1 is 0.600 bits per heavy atom. The zero-order chi connectivity index (χ0) is 33.4. The molecule has 1 N–H and O–H groups in total. The second-order valence-electron chi connectivity index (χ2n) is 12.7. The molecule has 0 radical (unpaired) electrons. The first-order valence-corrected chi connectivity index (χ1v) is 17.2. The van der Waals surface area contributed by atoms with Gasteiger partial charge in [0, 0.05) is 48.6 Å². The van der Waals surface area contributed by atoms with Crippen molar-refractivity contribution in [1.82, 2.24) is 9.97 Å². The minimum atomic E-state index is -0.450. The quantitative estimate of drug-likeness (QED) is 0.163. The number of fused-ring (bicyclic) bond motifs is 1. The molecule has 50 heavy (non-hydrogen) atoms. The summed E-state index contributed by atoms with van der Waals surface area (Å²) in [5.74, 6) is 0.257. The number of thiazole rings is 1. The van der Waals surface area contributed by atoms with E-state index in [0.29, 0.717) is 0 Å². The fourth-order valence-corrected chi connectivity index (χ4v) is 7.54. The molecule has 2 aromatic heterocycles. The van der Waals surface area contributed by atoms with Gasteiger partial charge in [0.05, 0.1) is 11.1 Å². The number of rotatable bonds is 7. The molecule has 0 atom stereocenters. The molecule has 5 heteroatoms. The first kappa shape index (κ1) is 33.4. The molecule has 0 fully saturated rings. The van der Waals surface area contributed by atoms with Gasteiger partial charge >= 0.3 is 0 Å². The van der Waals surface area contributed by atoms with Crippen molar-refractivity contribution in [3.05, 3.63) is 175 Å². The zero-order valence-corrected chi connectivity index (χ0v) is 30.7. The maximum Gasteiger partial charge on any atom is 0.129 e. The molecule has 6 aromatic carbocycles. The molecule has 2 heterocycles. The van der Waals surface area contributed by atoms with Gasteiger partial charge in [-0.15, -0.1) is 41.2 Å². The molecular formula is C45H33N2OPtS-. The summed E-state index contributed by atoms with van der Waals surface area (Å²) >= 11 is 1.60. The van der Waals surface area contributed by atoms with Crippen molar-refractivity contribution in [3.63, 3.8) is 0 Å². The van der Waals surface area contributed by atoms with Crippen molar-refractivity contribution in [1.29, 1.82) is 0 Å². The van der Waals surface area contributed by atoms with E-state index in [1.54, 1.807) is 11.3 Å². The van der Waals surface area contributed by atoms with Crippen molar-refractivity contribution >= 4 is 21.6 Å².